The highest BCUT2D eigenvalue weighted by Gasteiger charge is 2.09. The Hall–Kier alpha value is -2.41. The Balaban J connectivity index is 2.08. The largest absolute Gasteiger partial charge is 0.380 e. The first kappa shape index (κ1) is 14.0. The van der Waals surface area contributed by atoms with Crippen LogP contribution in [0.3, 0.4) is 0 Å². The molecule has 0 fully saturated rings. The lowest BCUT2D eigenvalue weighted by atomic mass is 10.2. The summed E-state index contributed by atoms with van der Waals surface area (Å²) in [5.74, 6) is -1.96. The second kappa shape index (κ2) is 5.70. The van der Waals surface area contributed by atoms with Gasteiger partial charge in [0.2, 0.25) is 5.91 Å². The molecule has 104 valence electrons. The van der Waals surface area contributed by atoms with Crippen molar-refractivity contribution < 1.29 is 14.0 Å². The highest BCUT2D eigenvalue weighted by Crippen LogP contribution is 2.18. The molecule has 5 nitrogen and oxygen atoms in total. The highest BCUT2D eigenvalue weighted by molar-refractivity contribution is 7.10. The number of thiophene rings is 1. The fourth-order valence-electron chi connectivity index (χ4n) is 1.62. The smallest absolute Gasteiger partial charge is 0.251 e. The Kier molecular flexibility index (Phi) is 3.99. The second-order valence-corrected chi connectivity index (χ2v) is 5.07. The molecule has 5 N–H and O–H groups in total. The lowest BCUT2D eigenvalue weighted by molar-refractivity contribution is 0.0989. The van der Waals surface area contributed by atoms with Crippen molar-refractivity contribution in [3.63, 3.8) is 0 Å². The molecule has 20 heavy (non-hydrogen) atoms. The minimum atomic E-state index is -0.821. The first-order valence-corrected chi connectivity index (χ1v) is 6.56. The monoisotopic (exact) mass is 293 g/mol. The van der Waals surface area contributed by atoms with Crippen molar-refractivity contribution in [2.75, 3.05) is 5.32 Å². The summed E-state index contributed by atoms with van der Waals surface area (Å²) < 4.78 is 13.3. The summed E-state index contributed by atoms with van der Waals surface area (Å²) in [5, 5.41) is 4.69. The molecule has 1 aromatic carbocycles. The van der Waals surface area contributed by atoms with Crippen LogP contribution in [0.15, 0.2) is 29.6 Å². The van der Waals surface area contributed by atoms with Crippen molar-refractivity contribution in [1.29, 1.82) is 0 Å². The van der Waals surface area contributed by atoms with Gasteiger partial charge in [0, 0.05) is 22.5 Å². The van der Waals surface area contributed by atoms with Gasteiger partial charge in [0.15, 0.2) is 0 Å². The number of hydrogen-bond donors (Lipinski definition) is 3. The number of halogens is 1. The van der Waals surface area contributed by atoms with Gasteiger partial charge in [0.25, 0.3) is 5.91 Å². The topological polar surface area (TPSA) is 98.2 Å². The predicted molar refractivity (Wildman–Crippen MR) is 75.1 cm³/mol. The van der Waals surface area contributed by atoms with Gasteiger partial charge in [-0.15, -0.1) is 11.3 Å². The third-order valence-corrected chi connectivity index (χ3v) is 3.57. The van der Waals surface area contributed by atoms with E-state index in [0.717, 1.165) is 4.88 Å². The van der Waals surface area contributed by atoms with E-state index in [1.54, 1.807) is 11.4 Å². The van der Waals surface area contributed by atoms with Gasteiger partial charge in [0.05, 0.1) is 11.1 Å². The molecule has 0 bridgehead atoms. The number of carbonyl (C=O) groups excluding carboxylic acids is 2. The zero-order valence-corrected chi connectivity index (χ0v) is 11.2. The molecule has 0 atom stereocenters. The summed E-state index contributed by atoms with van der Waals surface area (Å²) in [4.78, 5) is 22.9. The molecule has 0 radical (unpaired) electrons. The molecular formula is C13H12FN3O2S. The maximum Gasteiger partial charge on any atom is 0.251 e. The average Bonchev–Trinajstić information content (AvgIpc) is 2.86. The molecule has 1 heterocycles. The summed E-state index contributed by atoms with van der Waals surface area (Å²) in [5.41, 5.74) is 11.1. The van der Waals surface area contributed by atoms with Crippen LogP contribution in [-0.4, -0.2) is 11.8 Å². The molecule has 2 aromatic rings. The van der Waals surface area contributed by atoms with E-state index in [-0.39, 0.29) is 5.56 Å². The standard InChI is InChI=1S/C13H12FN3O2S/c14-11-2-1-8(4-10(11)13(16)19)17-5-9-3-7(6-20-9)12(15)18/h1-4,6,17H,5H2,(H2,15,18)(H2,16,19). The third kappa shape index (κ3) is 3.12. The Morgan fingerprint density at radius 1 is 1.20 bits per heavy atom. The molecular weight excluding hydrogens is 281 g/mol. The van der Waals surface area contributed by atoms with Crippen molar-refractivity contribution in [2.45, 2.75) is 6.54 Å². The van der Waals surface area contributed by atoms with Gasteiger partial charge >= 0.3 is 0 Å². The number of amides is 2. The second-order valence-electron chi connectivity index (χ2n) is 4.08. The molecule has 0 aliphatic heterocycles. The molecule has 2 rings (SSSR count). The van der Waals surface area contributed by atoms with Gasteiger partial charge in [0.1, 0.15) is 5.82 Å². The fourth-order valence-corrected chi connectivity index (χ4v) is 2.43. The number of anilines is 1. The van der Waals surface area contributed by atoms with Crippen LogP contribution in [0.5, 0.6) is 0 Å². The Morgan fingerprint density at radius 3 is 2.55 bits per heavy atom. The van der Waals surface area contributed by atoms with Gasteiger partial charge in [-0.05, 0) is 24.3 Å². The molecule has 2 amide bonds. The molecule has 0 aliphatic rings. The minimum Gasteiger partial charge on any atom is -0.380 e. The van der Waals surface area contributed by atoms with Crippen LogP contribution in [0.2, 0.25) is 0 Å². The van der Waals surface area contributed by atoms with E-state index in [1.807, 2.05) is 0 Å². The van der Waals surface area contributed by atoms with Crippen LogP contribution in [0.4, 0.5) is 10.1 Å². The van der Waals surface area contributed by atoms with Crippen LogP contribution >= 0.6 is 11.3 Å². The number of rotatable bonds is 5. The van der Waals surface area contributed by atoms with Crippen molar-refractivity contribution >= 4 is 28.8 Å². The SMILES string of the molecule is NC(=O)c1csc(CNc2ccc(F)c(C(N)=O)c2)c1. The zero-order valence-electron chi connectivity index (χ0n) is 10.4. The van der Waals surface area contributed by atoms with Gasteiger partial charge in [-0.2, -0.15) is 0 Å². The number of primary amides is 2. The van der Waals surface area contributed by atoms with E-state index < -0.39 is 17.6 Å². The molecule has 7 heteroatoms. The maximum absolute atomic E-state index is 13.3. The third-order valence-electron chi connectivity index (χ3n) is 2.64. The molecule has 0 saturated carbocycles. The lowest BCUT2D eigenvalue weighted by Crippen LogP contribution is -2.13. The molecule has 0 aliphatic carbocycles. The lowest BCUT2D eigenvalue weighted by Gasteiger charge is -2.06. The number of carbonyl (C=O) groups is 2. The zero-order chi connectivity index (χ0) is 14.7. The van der Waals surface area contributed by atoms with Gasteiger partial charge in [-0.25, -0.2) is 4.39 Å². The normalized spacial score (nSPS) is 10.2. The van der Waals surface area contributed by atoms with Gasteiger partial charge in [-0.3, -0.25) is 9.59 Å². The summed E-state index contributed by atoms with van der Waals surface area (Å²) in [7, 11) is 0. The Labute approximate surface area is 118 Å². The van der Waals surface area contributed by atoms with E-state index in [1.165, 1.54) is 29.5 Å². The number of benzene rings is 1. The van der Waals surface area contributed by atoms with E-state index in [2.05, 4.69) is 5.32 Å². The quantitative estimate of drug-likeness (QED) is 0.782. The number of hydrogen-bond acceptors (Lipinski definition) is 4. The van der Waals surface area contributed by atoms with Crippen molar-refractivity contribution in [2.24, 2.45) is 11.5 Å². The molecule has 0 spiro atoms. The Morgan fingerprint density at radius 2 is 1.95 bits per heavy atom. The number of nitrogens with one attached hydrogen (secondary N) is 1. The van der Waals surface area contributed by atoms with Crippen molar-refractivity contribution in [1.82, 2.24) is 0 Å². The average molecular weight is 293 g/mol. The van der Waals surface area contributed by atoms with Gasteiger partial charge < -0.3 is 16.8 Å². The first-order chi connectivity index (χ1) is 9.47. The summed E-state index contributed by atoms with van der Waals surface area (Å²) in [6.07, 6.45) is 0. The van der Waals surface area contributed by atoms with Gasteiger partial charge in [-0.1, -0.05) is 0 Å². The fraction of sp³-hybridized carbons (Fsp3) is 0.0769. The maximum atomic E-state index is 13.3. The van der Waals surface area contributed by atoms with E-state index in [0.29, 0.717) is 17.8 Å². The Bertz CT molecular complexity index is 669. The van der Waals surface area contributed by atoms with Crippen LogP contribution in [0.25, 0.3) is 0 Å². The van der Waals surface area contributed by atoms with E-state index in [4.69, 9.17) is 11.5 Å². The van der Waals surface area contributed by atoms with E-state index >= 15 is 0 Å². The van der Waals surface area contributed by atoms with Crippen LogP contribution in [0.1, 0.15) is 25.6 Å². The van der Waals surface area contributed by atoms with Crippen molar-refractivity contribution in [3.05, 3.63) is 51.5 Å². The summed E-state index contributed by atoms with van der Waals surface area (Å²) in [6.45, 7) is 0.432. The number of nitrogens with two attached hydrogens (primary N) is 2. The molecule has 0 unspecified atom stereocenters. The van der Waals surface area contributed by atoms with Crippen LogP contribution in [0, 0.1) is 5.82 Å². The van der Waals surface area contributed by atoms with Crippen LogP contribution < -0.4 is 16.8 Å². The summed E-state index contributed by atoms with van der Waals surface area (Å²) in [6, 6.07) is 5.70. The predicted octanol–water partition coefficient (Wildman–Crippen LogP) is 1.70. The molecule has 1 aromatic heterocycles. The first-order valence-electron chi connectivity index (χ1n) is 5.68. The summed E-state index contributed by atoms with van der Waals surface area (Å²) >= 11 is 1.38. The van der Waals surface area contributed by atoms with Crippen LogP contribution in [-0.2, 0) is 6.54 Å². The molecule has 0 saturated heterocycles. The van der Waals surface area contributed by atoms with Crippen molar-refractivity contribution in [3.8, 4) is 0 Å². The highest BCUT2D eigenvalue weighted by atomic mass is 32.1. The van der Waals surface area contributed by atoms with E-state index in [9.17, 15) is 14.0 Å². The minimum absolute atomic E-state index is 0.168.